The molecule has 1 N–H and O–H groups in total. The Morgan fingerprint density at radius 2 is 2.09 bits per heavy atom. The van der Waals surface area contributed by atoms with Crippen molar-refractivity contribution in [3.63, 3.8) is 0 Å². The van der Waals surface area contributed by atoms with Gasteiger partial charge in [0.15, 0.2) is 0 Å². The quantitative estimate of drug-likeness (QED) is 0.840. The zero-order chi connectivity index (χ0) is 16.0. The van der Waals surface area contributed by atoms with Crippen molar-refractivity contribution in [1.29, 1.82) is 0 Å². The van der Waals surface area contributed by atoms with Crippen molar-refractivity contribution in [2.45, 2.75) is 31.0 Å². The van der Waals surface area contributed by atoms with Gasteiger partial charge >= 0.3 is 5.97 Å². The number of aliphatic hydroxyl groups is 1. The van der Waals surface area contributed by atoms with Gasteiger partial charge in [0.2, 0.25) is 0 Å². The van der Waals surface area contributed by atoms with Crippen molar-refractivity contribution in [1.82, 2.24) is 4.90 Å². The number of rotatable bonds is 2. The zero-order valence-corrected chi connectivity index (χ0v) is 13.9. The van der Waals surface area contributed by atoms with E-state index >= 15 is 0 Å². The van der Waals surface area contributed by atoms with Gasteiger partial charge in [0.05, 0.1) is 34.9 Å². The predicted molar refractivity (Wildman–Crippen MR) is 86.0 cm³/mol. The molecular weight excluding hydrogens is 325 g/mol. The Labute approximate surface area is 139 Å². The summed E-state index contributed by atoms with van der Waals surface area (Å²) in [6.45, 7) is 0. The van der Waals surface area contributed by atoms with Crippen molar-refractivity contribution in [2.24, 2.45) is 0 Å². The molecule has 0 radical (unpaired) electrons. The number of hydrogen-bond acceptors (Lipinski definition) is 4. The summed E-state index contributed by atoms with van der Waals surface area (Å²) in [5, 5.41) is 11.2. The Kier molecular flexibility index (Phi) is 4.21. The molecule has 2 unspecified atom stereocenters. The van der Waals surface area contributed by atoms with Crippen LogP contribution in [0.4, 0.5) is 0 Å². The topological polar surface area (TPSA) is 49.8 Å². The fourth-order valence-electron chi connectivity index (χ4n) is 3.53. The normalized spacial score (nSPS) is 28.1. The number of hydrogen-bond donors (Lipinski definition) is 1. The second-order valence-electron chi connectivity index (χ2n) is 5.78. The van der Waals surface area contributed by atoms with Gasteiger partial charge < -0.3 is 9.84 Å². The highest BCUT2D eigenvalue weighted by atomic mass is 35.5. The van der Waals surface area contributed by atoms with E-state index in [4.69, 9.17) is 27.9 Å². The van der Waals surface area contributed by atoms with Gasteiger partial charge in [-0.15, -0.1) is 0 Å². The van der Waals surface area contributed by atoms with Crippen LogP contribution in [0.3, 0.4) is 0 Å². The molecule has 0 saturated carbocycles. The molecule has 2 heterocycles. The van der Waals surface area contributed by atoms with Crippen LogP contribution >= 0.6 is 23.2 Å². The number of fused-ring (bicyclic) bond motifs is 2. The number of methoxy groups -OCH3 is 1. The number of ether oxygens (including phenoxy) is 1. The molecule has 1 aromatic carbocycles. The number of halogens is 2. The molecule has 2 aliphatic rings. The molecule has 0 aliphatic carbocycles. The van der Waals surface area contributed by atoms with Crippen LogP contribution in [0.25, 0.3) is 5.57 Å². The SMILES string of the molecule is COC(=O)C1=C(c2ccc(Cl)c(Cl)c2)CC2C[C@H](O)C1N2C. The number of nitrogens with zero attached hydrogens (tertiary/aromatic N) is 1. The summed E-state index contributed by atoms with van der Waals surface area (Å²) < 4.78 is 4.95. The maximum Gasteiger partial charge on any atom is 0.335 e. The number of benzene rings is 1. The smallest absolute Gasteiger partial charge is 0.335 e. The summed E-state index contributed by atoms with van der Waals surface area (Å²) in [4.78, 5) is 14.4. The molecule has 118 valence electrons. The Morgan fingerprint density at radius 1 is 1.36 bits per heavy atom. The van der Waals surface area contributed by atoms with Gasteiger partial charge in [-0.2, -0.15) is 0 Å². The molecule has 22 heavy (non-hydrogen) atoms. The average Bonchev–Trinajstić information content (AvgIpc) is 2.68. The Balaban J connectivity index is 2.16. The van der Waals surface area contributed by atoms with Crippen molar-refractivity contribution in [3.05, 3.63) is 39.4 Å². The molecule has 6 heteroatoms. The first-order valence-electron chi connectivity index (χ1n) is 7.10. The minimum atomic E-state index is -0.565. The van der Waals surface area contributed by atoms with Gasteiger partial charge in [0.1, 0.15) is 0 Å². The third-order valence-corrected chi connectivity index (χ3v) is 5.37. The monoisotopic (exact) mass is 341 g/mol. The molecule has 3 rings (SSSR count). The fourth-order valence-corrected chi connectivity index (χ4v) is 3.83. The minimum absolute atomic E-state index is 0.206. The second kappa shape index (κ2) is 5.85. The molecular formula is C16H17Cl2NO3. The largest absolute Gasteiger partial charge is 0.466 e. The number of likely N-dealkylation sites (N-methyl/N-ethyl adjacent to an activating group) is 1. The van der Waals surface area contributed by atoms with E-state index in [-0.39, 0.29) is 12.1 Å². The predicted octanol–water partition coefficient (Wildman–Crippen LogP) is 2.76. The van der Waals surface area contributed by atoms with Gasteiger partial charge in [-0.05, 0) is 43.2 Å². The molecule has 1 saturated heterocycles. The van der Waals surface area contributed by atoms with E-state index in [2.05, 4.69) is 4.90 Å². The van der Waals surface area contributed by atoms with Gasteiger partial charge in [-0.1, -0.05) is 29.3 Å². The van der Waals surface area contributed by atoms with E-state index in [0.717, 1.165) is 11.1 Å². The van der Waals surface area contributed by atoms with Gasteiger partial charge in [-0.3, -0.25) is 4.90 Å². The summed E-state index contributed by atoms with van der Waals surface area (Å²) >= 11 is 12.1. The average molecular weight is 342 g/mol. The molecule has 1 aromatic rings. The van der Waals surface area contributed by atoms with Crippen LogP contribution in [0.2, 0.25) is 10.0 Å². The van der Waals surface area contributed by atoms with Gasteiger partial charge in [-0.25, -0.2) is 4.79 Å². The van der Waals surface area contributed by atoms with E-state index in [1.54, 1.807) is 12.1 Å². The summed E-state index contributed by atoms with van der Waals surface area (Å²) in [6.07, 6.45) is 0.753. The highest BCUT2D eigenvalue weighted by Crippen LogP contribution is 2.43. The third kappa shape index (κ3) is 2.44. The molecule has 1 fully saturated rings. The van der Waals surface area contributed by atoms with E-state index < -0.39 is 12.1 Å². The van der Waals surface area contributed by atoms with Crippen molar-refractivity contribution < 1.29 is 14.6 Å². The van der Waals surface area contributed by atoms with E-state index in [1.807, 2.05) is 13.1 Å². The summed E-state index contributed by atoms with van der Waals surface area (Å²) in [5.41, 5.74) is 2.26. The molecule has 2 bridgehead atoms. The van der Waals surface area contributed by atoms with Gasteiger partial charge in [0, 0.05) is 6.04 Å². The first-order valence-corrected chi connectivity index (χ1v) is 7.86. The van der Waals surface area contributed by atoms with Crippen LogP contribution in [-0.4, -0.2) is 48.3 Å². The highest BCUT2D eigenvalue weighted by Gasteiger charge is 2.47. The number of aliphatic hydroxyl groups excluding tert-OH is 1. The van der Waals surface area contributed by atoms with Crippen LogP contribution in [0, 0.1) is 0 Å². The van der Waals surface area contributed by atoms with Crippen LogP contribution in [0.1, 0.15) is 18.4 Å². The minimum Gasteiger partial charge on any atom is -0.466 e. The third-order valence-electron chi connectivity index (χ3n) is 4.63. The van der Waals surface area contributed by atoms with Crippen LogP contribution in [0.15, 0.2) is 23.8 Å². The van der Waals surface area contributed by atoms with Crippen molar-refractivity contribution >= 4 is 34.7 Å². The molecule has 2 aliphatic heterocycles. The first-order chi connectivity index (χ1) is 10.4. The van der Waals surface area contributed by atoms with Crippen molar-refractivity contribution in [3.8, 4) is 0 Å². The molecule has 3 atom stereocenters. The highest BCUT2D eigenvalue weighted by molar-refractivity contribution is 6.42. The Morgan fingerprint density at radius 3 is 2.73 bits per heavy atom. The molecule has 0 amide bonds. The van der Waals surface area contributed by atoms with Crippen LogP contribution in [0.5, 0.6) is 0 Å². The molecule has 4 nitrogen and oxygen atoms in total. The Hall–Kier alpha value is -1.07. The summed E-state index contributed by atoms with van der Waals surface area (Å²) in [5.74, 6) is -0.405. The lowest BCUT2D eigenvalue weighted by Crippen LogP contribution is -2.43. The maximum atomic E-state index is 12.3. The fraction of sp³-hybridized carbons (Fsp3) is 0.438. The lowest BCUT2D eigenvalue weighted by atomic mass is 9.88. The van der Waals surface area contributed by atoms with E-state index in [0.29, 0.717) is 28.5 Å². The van der Waals surface area contributed by atoms with E-state index in [9.17, 15) is 9.90 Å². The lowest BCUT2D eigenvalue weighted by molar-refractivity contribution is -0.137. The number of carbonyl (C=O) groups excluding carboxylic acids is 1. The number of carbonyl (C=O) groups is 1. The standard InChI is InChI=1S/C16H17Cl2NO3/c1-19-9-6-10(8-3-4-11(17)12(18)5-8)14(16(21)22-2)15(19)13(20)7-9/h3-5,9,13,15,20H,6-7H2,1-2H3/t9?,13-,15?/m0/s1. The van der Waals surface area contributed by atoms with E-state index in [1.165, 1.54) is 7.11 Å². The van der Waals surface area contributed by atoms with Crippen molar-refractivity contribution in [2.75, 3.05) is 14.2 Å². The van der Waals surface area contributed by atoms with Gasteiger partial charge in [0.25, 0.3) is 0 Å². The summed E-state index contributed by atoms with van der Waals surface area (Å²) in [7, 11) is 3.29. The molecule has 0 aromatic heterocycles. The first kappa shape index (κ1) is 15.8. The summed E-state index contributed by atoms with van der Waals surface area (Å²) in [6, 6.07) is 5.20. The lowest BCUT2D eigenvalue weighted by Gasteiger charge is -2.34. The Bertz CT molecular complexity index is 659. The maximum absolute atomic E-state index is 12.3. The zero-order valence-electron chi connectivity index (χ0n) is 12.3. The van der Waals surface area contributed by atoms with Crippen LogP contribution in [-0.2, 0) is 9.53 Å². The van der Waals surface area contributed by atoms with Crippen LogP contribution < -0.4 is 0 Å². The molecule has 0 spiro atoms. The second-order valence-corrected chi connectivity index (χ2v) is 6.60. The number of esters is 1.